The smallest absolute Gasteiger partial charge is 0.209 e. The third kappa shape index (κ3) is 4.77. The molecule has 0 aliphatic heterocycles. The lowest BCUT2D eigenvalue weighted by Crippen LogP contribution is -2.21. The first-order valence-electron chi connectivity index (χ1n) is 10.5. The number of aromatic nitrogens is 2. The number of rotatable bonds is 9. The largest absolute Gasteiger partial charge is 0.368 e. The van der Waals surface area contributed by atoms with Crippen LogP contribution < -0.4 is 16.0 Å². The Morgan fingerprint density at radius 2 is 1.84 bits per heavy atom. The number of hydrogen-bond donors (Lipinski definition) is 4. The van der Waals surface area contributed by atoms with E-state index in [4.69, 9.17) is 5.41 Å². The van der Waals surface area contributed by atoms with Crippen LogP contribution in [0.25, 0.3) is 0 Å². The number of anilines is 3. The molecule has 6 nitrogen and oxygen atoms in total. The van der Waals surface area contributed by atoms with E-state index in [0.717, 1.165) is 31.2 Å². The fourth-order valence-electron chi connectivity index (χ4n) is 3.96. The maximum absolute atomic E-state index is 14.3. The minimum Gasteiger partial charge on any atom is -0.368 e. The molecule has 0 bridgehead atoms. The number of nitrogens with zero attached hydrogens (tertiary/aromatic N) is 2. The summed E-state index contributed by atoms with van der Waals surface area (Å²) in [5.41, 5.74) is 1.98. The zero-order chi connectivity index (χ0) is 21.6. The molecule has 4 rings (SSSR count). The highest BCUT2D eigenvalue weighted by atomic mass is 19.1. The van der Waals surface area contributed by atoms with E-state index in [2.05, 4.69) is 32.1 Å². The molecule has 0 amide bonds. The van der Waals surface area contributed by atoms with Gasteiger partial charge in [0.25, 0.3) is 0 Å². The Labute approximate surface area is 181 Å². The van der Waals surface area contributed by atoms with Crippen molar-refractivity contribution in [2.24, 2.45) is 0 Å². The number of benzene rings is 2. The summed E-state index contributed by atoms with van der Waals surface area (Å²) < 4.78 is 16.3. The van der Waals surface area contributed by atoms with Crippen LogP contribution in [0.1, 0.15) is 43.0 Å². The average Bonchev–Trinajstić information content (AvgIpc) is 3.42. The summed E-state index contributed by atoms with van der Waals surface area (Å²) in [6, 6.07) is 16.8. The number of nitrogens with one attached hydrogen (secondary N) is 4. The van der Waals surface area contributed by atoms with Gasteiger partial charge < -0.3 is 21.4 Å². The van der Waals surface area contributed by atoms with Crippen molar-refractivity contribution in [3.8, 4) is 0 Å². The van der Waals surface area contributed by atoms with Gasteiger partial charge >= 0.3 is 0 Å². The number of hydrogen-bond acceptors (Lipinski definition) is 5. The molecule has 1 heterocycles. The van der Waals surface area contributed by atoms with Gasteiger partial charge in [-0.3, -0.25) is 4.57 Å². The Balaban J connectivity index is 1.61. The van der Waals surface area contributed by atoms with Crippen LogP contribution in [0.2, 0.25) is 0 Å². The van der Waals surface area contributed by atoms with Crippen LogP contribution in [0.15, 0.2) is 67.0 Å². The predicted octanol–water partition coefficient (Wildman–Crippen LogP) is 5.55. The van der Waals surface area contributed by atoms with E-state index in [1.165, 1.54) is 12.3 Å². The van der Waals surface area contributed by atoms with Gasteiger partial charge in [0, 0.05) is 18.8 Å². The normalized spacial score (nSPS) is 13.7. The molecule has 0 atom stereocenters. The lowest BCUT2D eigenvalue weighted by molar-refractivity contribution is 0.529. The second kappa shape index (κ2) is 9.47. The van der Waals surface area contributed by atoms with Crippen molar-refractivity contribution in [2.45, 2.75) is 38.3 Å². The molecule has 1 aliphatic carbocycles. The van der Waals surface area contributed by atoms with Gasteiger partial charge in [0.2, 0.25) is 5.95 Å². The van der Waals surface area contributed by atoms with E-state index < -0.39 is 0 Å². The zero-order valence-corrected chi connectivity index (χ0v) is 17.4. The van der Waals surface area contributed by atoms with Crippen LogP contribution in [-0.2, 0) is 6.54 Å². The minimum atomic E-state index is -0.344. The van der Waals surface area contributed by atoms with Gasteiger partial charge in [-0.2, -0.15) is 0 Å². The van der Waals surface area contributed by atoms with Crippen LogP contribution in [0.4, 0.5) is 21.8 Å². The van der Waals surface area contributed by atoms with E-state index in [9.17, 15) is 4.39 Å². The number of para-hydroxylation sites is 1. The Hall–Kier alpha value is -3.61. The van der Waals surface area contributed by atoms with Gasteiger partial charge in [-0.05, 0) is 30.5 Å². The van der Waals surface area contributed by atoms with Crippen LogP contribution in [0, 0.1) is 11.2 Å². The Morgan fingerprint density at radius 1 is 1.13 bits per heavy atom. The molecule has 1 fully saturated rings. The average molecular weight is 419 g/mol. The van der Waals surface area contributed by atoms with Crippen LogP contribution in [0.3, 0.4) is 0 Å². The molecule has 3 aromatic rings. The lowest BCUT2D eigenvalue weighted by Gasteiger charge is -2.21. The van der Waals surface area contributed by atoms with Crippen molar-refractivity contribution in [1.82, 2.24) is 14.9 Å². The molecule has 0 unspecified atom stereocenters. The summed E-state index contributed by atoms with van der Waals surface area (Å²) in [6.07, 6.45) is 5.50. The highest BCUT2D eigenvalue weighted by molar-refractivity contribution is 5.84. The lowest BCUT2D eigenvalue weighted by atomic mass is 10.2. The molecular weight excluding hydrogens is 391 g/mol. The van der Waals surface area contributed by atoms with Crippen molar-refractivity contribution in [1.29, 1.82) is 5.41 Å². The molecule has 0 saturated heterocycles. The van der Waals surface area contributed by atoms with Gasteiger partial charge in [-0.15, -0.1) is 0 Å². The molecule has 0 spiro atoms. The van der Waals surface area contributed by atoms with Crippen LogP contribution in [0.5, 0.6) is 0 Å². The van der Waals surface area contributed by atoms with Crippen molar-refractivity contribution >= 4 is 23.7 Å². The standard InChI is InChI=1S/C24H27FN6/c1-17(27-16-18-9-3-2-4-10-18)28-23-22(15-26)30-24(31(23)19-11-5-6-12-19)29-21-14-8-7-13-20(21)25/h2-4,7-10,13-15,19,26-28H,1,5-6,11-12,16H2,(H,29,30). The molecule has 1 saturated carbocycles. The van der Waals surface area contributed by atoms with Gasteiger partial charge in [0.15, 0.2) is 0 Å². The first-order chi connectivity index (χ1) is 15.2. The number of imidazole rings is 1. The summed E-state index contributed by atoms with van der Waals surface area (Å²) in [5, 5.41) is 17.6. The fourth-order valence-corrected chi connectivity index (χ4v) is 3.96. The van der Waals surface area contributed by atoms with E-state index >= 15 is 0 Å². The van der Waals surface area contributed by atoms with Crippen molar-refractivity contribution in [2.75, 3.05) is 10.6 Å². The van der Waals surface area contributed by atoms with Crippen molar-refractivity contribution < 1.29 is 4.39 Å². The van der Waals surface area contributed by atoms with Crippen LogP contribution >= 0.6 is 0 Å². The Bertz CT molecular complexity index is 1050. The summed E-state index contributed by atoms with van der Waals surface area (Å²) in [5.74, 6) is 1.48. The fraction of sp³-hybridized carbons (Fsp3) is 0.250. The molecule has 4 N–H and O–H groups in total. The SMILES string of the molecule is C=C(NCc1ccccc1)Nc1c(C=N)nc(Nc2ccccc2F)n1C1CCCC1. The summed E-state index contributed by atoms with van der Waals surface area (Å²) in [7, 11) is 0. The topological polar surface area (TPSA) is 77.8 Å². The van der Waals surface area contributed by atoms with Gasteiger partial charge in [-0.1, -0.05) is 61.9 Å². The minimum absolute atomic E-state index is 0.222. The third-order valence-electron chi connectivity index (χ3n) is 5.50. The van der Waals surface area contributed by atoms with Crippen LogP contribution in [-0.4, -0.2) is 15.8 Å². The predicted molar refractivity (Wildman–Crippen MR) is 123 cm³/mol. The second-order valence-electron chi connectivity index (χ2n) is 7.67. The molecule has 2 aromatic carbocycles. The quantitative estimate of drug-likeness (QED) is 0.344. The van der Waals surface area contributed by atoms with E-state index in [0.29, 0.717) is 35.5 Å². The van der Waals surface area contributed by atoms with Crippen molar-refractivity contribution in [3.05, 3.63) is 84.1 Å². The summed E-state index contributed by atoms with van der Waals surface area (Å²) in [6.45, 7) is 4.73. The van der Waals surface area contributed by atoms with Gasteiger partial charge in [-0.25, -0.2) is 9.37 Å². The molecule has 7 heteroatoms. The van der Waals surface area contributed by atoms with Gasteiger partial charge in [0.1, 0.15) is 17.3 Å². The molecule has 0 radical (unpaired) electrons. The molecular formula is C24H27FN6. The second-order valence-corrected chi connectivity index (χ2v) is 7.67. The highest BCUT2D eigenvalue weighted by Crippen LogP contribution is 2.37. The van der Waals surface area contributed by atoms with Crippen molar-refractivity contribution in [3.63, 3.8) is 0 Å². The Kier molecular flexibility index (Phi) is 6.31. The summed E-state index contributed by atoms with van der Waals surface area (Å²) in [4.78, 5) is 4.59. The van der Waals surface area contributed by atoms with Gasteiger partial charge in [0.05, 0.1) is 11.5 Å². The maximum Gasteiger partial charge on any atom is 0.209 e. The monoisotopic (exact) mass is 418 g/mol. The zero-order valence-electron chi connectivity index (χ0n) is 17.4. The van der Waals surface area contributed by atoms with E-state index in [-0.39, 0.29) is 11.9 Å². The molecule has 31 heavy (non-hydrogen) atoms. The molecule has 1 aliphatic rings. The first-order valence-corrected chi connectivity index (χ1v) is 10.5. The maximum atomic E-state index is 14.3. The molecule has 160 valence electrons. The van der Waals surface area contributed by atoms with E-state index in [1.54, 1.807) is 18.2 Å². The Morgan fingerprint density at radius 3 is 2.55 bits per heavy atom. The number of halogens is 1. The highest BCUT2D eigenvalue weighted by Gasteiger charge is 2.26. The first kappa shape index (κ1) is 20.7. The summed E-state index contributed by atoms with van der Waals surface area (Å²) >= 11 is 0. The third-order valence-corrected chi connectivity index (χ3v) is 5.50. The molecule has 1 aromatic heterocycles. The van der Waals surface area contributed by atoms with E-state index in [1.807, 2.05) is 30.3 Å².